The lowest BCUT2D eigenvalue weighted by atomic mass is 10.1. The summed E-state index contributed by atoms with van der Waals surface area (Å²) in [6, 6.07) is 8.15. The van der Waals surface area contributed by atoms with Crippen molar-refractivity contribution in [2.75, 3.05) is 19.4 Å². The molecule has 0 saturated carbocycles. The molecule has 5 nitrogen and oxygen atoms in total. The zero-order valence-electron chi connectivity index (χ0n) is 13.3. The molecule has 2 aromatic carbocycles. The third kappa shape index (κ3) is 3.75. The molecule has 128 valence electrons. The van der Waals surface area contributed by atoms with Gasteiger partial charge in [0.05, 0.1) is 0 Å². The first-order valence-corrected chi connectivity index (χ1v) is 8.74. The molecule has 0 aliphatic rings. The number of halogens is 2. The molecule has 0 unspecified atom stereocenters. The number of sulfonamides is 1. The average molecular weight is 371 g/mol. The molecular formula is C16H16ClFN2O3S. The van der Waals surface area contributed by atoms with Crippen molar-refractivity contribution >= 4 is 33.2 Å². The number of hydrogen-bond acceptors (Lipinski definition) is 3. The number of amides is 1. The molecule has 2 rings (SSSR count). The Hall–Kier alpha value is -1.96. The van der Waals surface area contributed by atoms with Gasteiger partial charge in [-0.25, -0.2) is 17.1 Å². The normalized spacial score (nSPS) is 11.6. The molecule has 0 spiro atoms. The summed E-state index contributed by atoms with van der Waals surface area (Å²) in [5.74, 6) is -1.46. The summed E-state index contributed by atoms with van der Waals surface area (Å²) >= 11 is 5.86. The molecule has 0 radical (unpaired) electrons. The average Bonchev–Trinajstić information content (AvgIpc) is 2.50. The van der Waals surface area contributed by atoms with Crippen LogP contribution in [-0.2, 0) is 10.0 Å². The van der Waals surface area contributed by atoms with E-state index in [4.69, 9.17) is 11.6 Å². The van der Waals surface area contributed by atoms with E-state index in [-0.39, 0.29) is 5.56 Å². The Kier molecular flexibility index (Phi) is 5.27. The van der Waals surface area contributed by atoms with Crippen molar-refractivity contribution < 1.29 is 17.6 Å². The minimum atomic E-state index is -3.99. The van der Waals surface area contributed by atoms with Crippen LogP contribution in [0.4, 0.5) is 10.1 Å². The fraction of sp³-hybridized carbons (Fsp3) is 0.188. The lowest BCUT2D eigenvalue weighted by molar-refractivity contribution is 0.102. The third-order valence-electron chi connectivity index (χ3n) is 3.39. The smallest absolute Gasteiger partial charge is 0.255 e. The van der Waals surface area contributed by atoms with Gasteiger partial charge in [0.1, 0.15) is 10.7 Å². The summed E-state index contributed by atoms with van der Waals surface area (Å²) in [6.07, 6.45) is 0. The molecule has 1 amide bonds. The third-order valence-corrected chi connectivity index (χ3v) is 5.45. The zero-order valence-corrected chi connectivity index (χ0v) is 14.9. The molecule has 0 atom stereocenters. The van der Waals surface area contributed by atoms with Crippen LogP contribution in [0.2, 0.25) is 5.02 Å². The van der Waals surface area contributed by atoms with Crippen molar-refractivity contribution in [1.29, 1.82) is 0 Å². The van der Waals surface area contributed by atoms with E-state index in [0.29, 0.717) is 10.7 Å². The summed E-state index contributed by atoms with van der Waals surface area (Å²) < 4.78 is 39.0. The van der Waals surface area contributed by atoms with Crippen LogP contribution in [0.5, 0.6) is 0 Å². The number of carbonyl (C=O) groups excluding carboxylic acids is 1. The van der Waals surface area contributed by atoms with Crippen molar-refractivity contribution in [3.8, 4) is 0 Å². The van der Waals surface area contributed by atoms with Crippen LogP contribution in [-0.4, -0.2) is 32.7 Å². The fourth-order valence-corrected chi connectivity index (χ4v) is 3.21. The van der Waals surface area contributed by atoms with Gasteiger partial charge in [0.15, 0.2) is 0 Å². The number of nitrogens with zero attached hydrogens (tertiary/aromatic N) is 1. The van der Waals surface area contributed by atoms with Crippen LogP contribution in [0, 0.1) is 12.7 Å². The molecule has 0 heterocycles. The van der Waals surface area contributed by atoms with Gasteiger partial charge in [0, 0.05) is 30.4 Å². The minimum absolute atomic E-state index is 0.0335. The lowest BCUT2D eigenvalue weighted by Gasteiger charge is -2.13. The molecule has 0 aliphatic heterocycles. The summed E-state index contributed by atoms with van der Waals surface area (Å²) in [5, 5.41) is 3.19. The van der Waals surface area contributed by atoms with E-state index in [9.17, 15) is 17.6 Å². The lowest BCUT2D eigenvalue weighted by Crippen LogP contribution is -2.24. The quantitative estimate of drug-likeness (QED) is 0.898. The van der Waals surface area contributed by atoms with E-state index in [2.05, 4.69) is 5.32 Å². The number of aryl methyl sites for hydroxylation is 1. The van der Waals surface area contributed by atoms with E-state index in [1.165, 1.54) is 20.2 Å². The number of hydrogen-bond donors (Lipinski definition) is 1. The van der Waals surface area contributed by atoms with Gasteiger partial charge in [-0.1, -0.05) is 11.6 Å². The summed E-state index contributed by atoms with van der Waals surface area (Å²) in [7, 11) is -1.41. The van der Waals surface area contributed by atoms with Gasteiger partial charge in [-0.15, -0.1) is 0 Å². The maximum absolute atomic E-state index is 13.9. The minimum Gasteiger partial charge on any atom is -0.322 e. The second-order valence-corrected chi connectivity index (χ2v) is 7.90. The fourth-order valence-electron chi connectivity index (χ4n) is 2.00. The first-order valence-electron chi connectivity index (χ1n) is 6.92. The Morgan fingerprint density at radius 2 is 1.83 bits per heavy atom. The van der Waals surface area contributed by atoms with Gasteiger partial charge in [0.2, 0.25) is 10.0 Å². The van der Waals surface area contributed by atoms with Crippen molar-refractivity contribution in [3.05, 3.63) is 58.4 Å². The number of anilines is 1. The molecule has 0 aromatic heterocycles. The predicted molar refractivity (Wildman–Crippen MR) is 91.4 cm³/mol. The number of carbonyl (C=O) groups is 1. The first-order chi connectivity index (χ1) is 11.1. The molecule has 24 heavy (non-hydrogen) atoms. The van der Waals surface area contributed by atoms with Crippen LogP contribution in [0.15, 0.2) is 41.3 Å². The highest BCUT2D eigenvalue weighted by Crippen LogP contribution is 2.22. The van der Waals surface area contributed by atoms with E-state index in [1.807, 2.05) is 0 Å². The number of benzene rings is 2. The Labute approximate surface area is 145 Å². The number of rotatable bonds is 4. The molecule has 8 heteroatoms. The SMILES string of the molecule is Cc1cc(Cl)ccc1NC(=O)c1ccc(F)c(S(=O)(=O)N(C)C)c1. The van der Waals surface area contributed by atoms with Crippen LogP contribution < -0.4 is 5.32 Å². The summed E-state index contributed by atoms with van der Waals surface area (Å²) in [4.78, 5) is 11.8. The standard InChI is InChI=1S/C16H16ClFN2O3S/c1-10-8-12(17)5-7-14(10)19-16(21)11-4-6-13(18)15(9-11)24(22,23)20(2)3/h4-9H,1-3H3,(H,19,21). The highest BCUT2D eigenvalue weighted by Gasteiger charge is 2.23. The van der Waals surface area contributed by atoms with E-state index in [1.54, 1.807) is 25.1 Å². The van der Waals surface area contributed by atoms with Crippen molar-refractivity contribution in [2.45, 2.75) is 11.8 Å². The second kappa shape index (κ2) is 6.88. The van der Waals surface area contributed by atoms with Crippen LogP contribution in [0.25, 0.3) is 0 Å². The molecular weight excluding hydrogens is 355 g/mol. The van der Waals surface area contributed by atoms with Crippen molar-refractivity contribution in [1.82, 2.24) is 4.31 Å². The topological polar surface area (TPSA) is 66.5 Å². The van der Waals surface area contributed by atoms with Gasteiger partial charge in [0.25, 0.3) is 5.91 Å². The highest BCUT2D eigenvalue weighted by molar-refractivity contribution is 7.89. The largest absolute Gasteiger partial charge is 0.322 e. The number of nitrogens with one attached hydrogen (secondary N) is 1. The van der Waals surface area contributed by atoms with E-state index in [0.717, 1.165) is 22.0 Å². The zero-order chi connectivity index (χ0) is 18.1. The van der Waals surface area contributed by atoms with Gasteiger partial charge in [-0.3, -0.25) is 4.79 Å². The maximum atomic E-state index is 13.9. The maximum Gasteiger partial charge on any atom is 0.255 e. The monoisotopic (exact) mass is 370 g/mol. The molecule has 2 aromatic rings. The molecule has 0 fully saturated rings. The van der Waals surface area contributed by atoms with Crippen LogP contribution >= 0.6 is 11.6 Å². The summed E-state index contributed by atoms with van der Waals surface area (Å²) in [5.41, 5.74) is 1.32. The van der Waals surface area contributed by atoms with Crippen molar-refractivity contribution in [2.24, 2.45) is 0 Å². The molecule has 0 bridgehead atoms. The highest BCUT2D eigenvalue weighted by atomic mass is 35.5. The van der Waals surface area contributed by atoms with Gasteiger partial charge >= 0.3 is 0 Å². The van der Waals surface area contributed by atoms with Crippen molar-refractivity contribution in [3.63, 3.8) is 0 Å². The molecule has 1 N–H and O–H groups in total. The molecule has 0 saturated heterocycles. The van der Waals surface area contributed by atoms with Crippen LogP contribution in [0.3, 0.4) is 0 Å². The Balaban J connectivity index is 2.37. The molecule has 0 aliphatic carbocycles. The second-order valence-electron chi connectivity index (χ2n) is 5.35. The van der Waals surface area contributed by atoms with Gasteiger partial charge in [-0.05, 0) is 48.9 Å². The van der Waals surface area contributed by atoms with Crippen LogP contribution in [0.1, 0.15) is 15.9 Å². The Morgan fingerprint density at radius 1 is 1.17 bits per heavy atom. The van der Waals surface area contributed by atoms with Gasteiger partial charge < -0.3 is 5.32 Å². The first kappa shape index (κ1) is 18.4. The Bertz CT molecular complexity index is 898. The van der Waals surface area contributed by atoms with E-state index < -0.39 is 26.6 Å². The van der Waals surface area contributed by atoms with E-state index >= 15 is 0 Å². The van der Waals surface area contributed by atoms with Gasteiger partial charge in [-0.2, -0.15) is 0 Å². The predicted octanol–water partition coefficient (Wildman–Crippen LogP) is 3.29. The summed E-state index contributed by atoms with van der Waals surface area (Å²) in [6.45, 7) is 1.77. The Morgan fingerprint density at radius 3 is 2.42 bits per heavy atom.